The smallest absolute Gasteiger partial charge is 0.269 e. The zero-order valence-electron chi connectivity index (χ0n) is 18.9. The van der Waals surface area contributed by atoms with Crippen LogP contribution in [-0.2, 0) is 11.4 Å². The summed E-state index contributed by atoms with van der Waals surface area (Å²) in [4.78, 5) is 23.3. The number of fused-ring (bicyclic) bond motifs is 1. The fourth-order valence-electron chi connectivity index (χ4n) is 3.64. The minimum atomic E-state index is -0.521. The van der Waals surface area contributed by atoms with E-state index in [1.807, 2.05) is 61.5 Å². The summed E-state index contributed by atoms with van der Waals surface area (Å²) in [6.07, 6.45) is 1.53. The highest BCUT2D eigenvalue weighted by Gasteiger charge is 2.14. The van der Waals surface area contributed by atoms with Crippen molar-refractivity contribution in [3.63, 3.8) is 0 Å². The first-order chi connectivity index (χ1) is 16.9. The fraction of sp³-hybridized carbons (Fsp3) is 0.0714. The summed E-state index contributed by atoms with van der Waals surface area (Å²) in [5.74, 6) is -0.0366. The van der Waals surface area contributed by atoms with Crippen molar-refractivity contribution in [3.05, 3.63) is 117 Å². The summed E-state index contributed by atoms with van der Waals surface area (Å²) in [5, 5.41) is 25.2. The molecule has 0 bridgehead atoms. The van der Waals surface area contributed by atoms with Gasteiger partial charge in [0.25, 0.3) is 11.6 Å². The van der Waals surface area contributed by atoms with Gasteiger partial charge in [-0.1, -0.05) is 42.5 Å². The van der Waals surface area contributed by atoms with Crippen LogP contribution in [0.25, 0.3) is 16.8 Å². The molecule has 35 heavy (non-hydrogen) atoms. The highest BCUT2D eigenvalue weighted by Crippen LogP contribution is 2.31. The number of hydrogen-bond donors (Lipinski definition) is 1. The summed E-state index contributed by atoms with van der Waals surface area (Å²) in [7, 11) is 0. The lowest BCUT2D eigenvalue weighted by Crippen LogP contribution is -2.13. The second-order valence-corrected chi connectivity index (χ2v) is 7.90. The number of nitrogens with zero attached hydrogens (tertiary/aromatic N) is 2. The molecule has 0 saturated heterocycles. The molecule has 0 aromatic heterocycles. The molecule has 0 heterocycles. The molecule has 0 unspecified atom stereocenters. The van der Waals surface area contributed by atoms with E-state index in [9.17, 15) is 20.2 Å². The van der Waals surface area contributed by atoms with Crippen LogP contribution in [0.3, 0.4) is 0 Å². The Balaban J connectivity index is 1.67. The molecule has 4 aromatic carbocycles. The molecule has 172 valence electrons. The molecule has 0 aliphatic heterocycles. The van der Waals surface area contributed by atoms with Crippen LogP contribution < -0.4 is 10.1 Å². The van der Waals surface area contributed by atoms with Gasteiger partial charge in [0.2, 0.25) is 0 Å². The third-order valence-electron chi connectivity index (χ3n) is 5.40. The van der Waals surface area contributed by atoms with Crippen LogP contribution >= 0.6 is 0 Å². The minimum Gasteiger partial charge on any atom is -0.488 e. The van der Waals surface area contributed by atoms with Crippen molar-refractivity contribution in [3.8, 4) is 11.8 Å². The van der Waals surface area contributed by atoms with E-state index in [1.165, 1.54) is 18.2 Å². The molecule has 0 aliphatic carbocycles. The topological polar surface area (TPSA) is 105 Å². The van der Waals surface area contributed by atoms with Gasteiger partial charge in [-0.2, -0.15) is 5.26 Å². The molecule has 0 saturated carbocycles. The first kappa shape index (κ1) is 23.2. The maximum Gasteiger partial charge on any atom is 0.269 e. The van der Waals surface area contributed by atoms with Crippen LogP contribution in [0.1, 0.15) is 16.7 Å². The summed E-state index contributed by atoms with van der Waals surface area (Å²) < 4.78 is 6.04. The lowest BCUT2D eigenvalue weighted by atomic mass is 10.0. The van der Waals surface area contributed by atoms with Crippen molar-refractivity contribution in [2.24, 2.45) is 0 Å². The van der Waals surface area contributed by atoms with Gasteiger partial charge in [0, 0.05) is 23.4 Å². The Hall–Kier alpha value is -4.96. The van der Waals surface area contributed by atoms with E-state index in [1.54, 1.807) is 24.3 Å². The molecule has 4 rings (SSSR count). The molecular formula is C28H21N3O4. The van der Waals surface area contributed by atoms with Crippen LogP contribution in [0.15, 0.2) is 90.5 Å². The fourth-order valence-corrected chi connectivity index (χ4v) is 3.64. The molecule has 1 amide bonds. The lowest BCUT2D eigenvalue weighted by molar-refractivity contribution is -0.384. The number of anilines is 1. The van der Waals surface area contributed by atoms with Gasteiger partial charge in [0.05, 0.1) is 4.92 Å². The standard InChI is InChI=1S/C28H21N3O4/c1-19-5-4-7-23(15-19)30-28(32)22(17-29)16-26-25-8-3-2-6-21(25)11-14-27(26)35-18-20-9-12-24(13-10-20)31(33)34/h2-16H,18H2,1H3,(H,30,32)/b22-16-. The quantitative estimate of drug-likeness (QED) is 0.152. The number of nitriles is 1. The molecular weight excluding hydrogens is 442 g/mol. The molecule has 7 heteroatoms. The highest BCUT2D eigenvalue weighted by molar-refractivity contribution is 6.11. The Morgan fingerprint density at radius 3 is 2.54 bits per heavy atom. The Kier molecular flexibility index (Phi) is 6.84. The Labute approximate surface area is 202 Å². The summed E-state index contributed by atoms with van der Waals surface area (Å²) in [6.45, 7) is 2.08. The van der Waals surface area contributed by atoms with Crippen molar-refractivity contribution < 1.29 is 14.5 Å². The second kappa shape index (κ2) is 10.3. The summed E-state index contributed by atoms with van der Waals surface area (Å²) in [6, 6.07) is 26.7. The van der Waals surface area contributed by atoms with Gasteiger partial charge in [-0.3, -0.25) is 14.9 Å². The maximum atomic E-state index is 12.9. The SMILES string of the molecule is Cc1cccc(NC(=O)/C(C#N)=C\c2c(OCc3ccc([N+](=O)[O-])cc3)ccc3ccccc23)c1. The predicted octanol–water partition coefficient (Wildman–Crippen LogP) is 6.18. The third kappa shape index (κ3) is 5.52. The van der Waals surface area contributed by atoms with Crippen molar-refractivity contribution in [2.75, 3.05) is 5.32 Å². The number of carbonyl (C=O) groups is 1. The van der Waals surface area contributed by atoms with Crippen LogP contribution in [0.5, 0.6) is 5.75 Å². The van der Waals surface area contributed by atoms with Gasteiger partial charge >= 0.3 is 0 Å². The van der Waals surface area contributed by atoms with Gasteiger partial charge in [0.1, 0.15) is 24.0 Å². The van der Waals surface area contributed by atoms with E-state index in [0.717, 1.165) is 21.9 Å². The maximum absolute atomic E-state index is 12.9. The van der Waals surface area contributed by atoms with E-state index < -0.39 is 10.8 Å². The molecule has 7 nitrogen and oxygen atoms in total. The number of aryl methyl sites for hydroxylation is 1. The zero-order chi connectivity index (χ0) is 24.8. The molecule has 0 atom stereocenters. The normalized spacial score (nSPS) is 11.0. The molecule has 0 fully saturated rings. The number of nitro groups is 1. The third-order valence-corrected chi connectivity index (χ3v) is 5.40. The molecule has 0 radical (unpaired) electrons. The van der Waals surface area contributed by atoms with Gasteiger partial charge < -0.3 is 10.1 Å². The predicted molar refractivity (Wildman–Crippen MR) is 135 cm³/mol. The highest BCUT2D eigenvalue weighted by atomic mass is 16.6. The van der Waals surface area contributed by atoms with Crippen LogP contribution in [0.2, 0.25) is 0 Å². The van der Waals surface area contributed by atoms with E-state index in [-0.39, 0.29) is 17.9 Å². The van der Waals surface area contributed by atoms with Crippen molar-refractivity contribution >= 4 is 34.1 Å². The number of nitro benzene ring substituents is 1. The molecule has 4 aromatic rings. The average molecular weight is 463 g/mol. The number of ether oxygens (including phenoxy) is 1. The van der Waals surface area contributed by atoms with E-state index in [0.29, 0.717) is 17.0 Å². The first-order valence-electron chi connectivity index (χ1n) is 10.8. The van der Waals surface area contributed by atoms with E-state index in [4.69, 9.17) is 4.74 Å². The van der Waals surface area contributed by atoms with Gasteiger partial charge in [-0.05, 0) is 65.2 Å². The summed E-state index contributed by atoms with van der Waals surface area (Å²) in [5.41, 5.74) is 2.87. The van der Waals surface area contributed by atoms with Crippen LogP contribution in [-0.4, -0.2) is 10.8 Å². The van der Waals surface area contributed by atoms with E-state index in [2.05, 4.69) is 5.32 Å². The van der Waals surface area contributed by atoms with Gasteiger partial charge in [-0.25, -0.2) is 0 Å². The van der Waals surface area contributed by atoms with E-state index >= 15 is 0 Å². The van der Waals surface area contributed by atoms with Gasteiger partial charge in [0.15, 0.2) is 0 Å². The minimum absolute atomic E-state index is 0.00126. The number of hydrogen-bond acceptors (Lipinski definition) is 5. The molecule has 0 aliphatic rings. The van der Waals surface area contributed by atoms with Crippen molar-refractivity contribution in [1.29, 1.82) is 5.26 Å². The number of nitrogens with one attached hydrogen (secondary N) is 1. The monoisotopic (exact) mass is 463 g/mol. The Bertz CT molecular complexity index is 1480. The lowest BCUT2D eigenvalue weighted by Gasteiger charge is -2.13. The Morgan fingerprint density at radius 1 is 1.06 bits per heavy atom. The molecule has 1 N–H and O–H groups in total. The number of non-ortho nitro benzene ring substituents is 1. The van der Waals surface area contributed by atoms with Crippen LogP contribution in [0, 0.1) is 28.4 Å². The zero-order valence-corrected chi connectivity index (χ0v) is 18.9. The average Bonchev–Trinajstić information content (AvgIpc) is 2.86. The van der Waals surface area contributed by atoms with Gasteiger partial charge in [-0.15, -0.1) is 0 Å². The summed E-state index contributed by atoms with van der Waals surface area (Å²) >= 11 is 0. The first-order valence-corrected chi connectivity index (χ1v) is 10.8. The number of amides is 1. The number of carbonyl (C=O) groups excluding carboxylic acids is 1. The van der Waals surface area contributed by atoms with Crippen molar-refractivity contribution in [2.45, 2.75) is 13.5 Å². The second-order valence-electron chi connectivity index (χ2n) is 7.90. The number of benzene rings is 4. The molecule has 0 spiro atoms. The van der Waals surface area contributed by atoms with Crippen molar-refractivity contribution in [1.82, 2.24) is 0 Å². The van der Waals surface area contributed by atoms with Crippen LogP contribution in [0.4, 0.5) is 11.4 Å². The largest absolute Gasteiger partial charge is 0.488 e. The number of rotatable bonds is 7. The Morgan fingerprint density at radius 2 is 1.83 bits per heavy atom.